The topological polar surface area (TPSA) is 55.0 Å². The van der Waals surface area contributed by atoms with Crippen molar-refractivity contribution in [2.45, 2.75) is 19.8 Å². The van der Waals surface area contributed by atoms with E-state index in [1.807, 2.05) is 19.9 Å². The van der Waals surface area contributed by atoms with Gasteiger partial charge in [-0.2, -0.15) is 0 Å². The van der Waals surface area contributed by atoms with Crippen molar-refractivity contribution < 1.29 is 13.9 Å². The lowest BCUT2D eigenvalue weighted by molar-refractivity contribution is 0.0599. The largest absolute Gasteiger partial charge is 0.465 e. The number of nitrogens with zero attached hydrogens (tertiary/aromatic N) is 1. The van der Waals surface area contributed by atoms with Crippen molar-refractivity contribution in [2.75, 3.05) is 7.11 Å². The molecule has 23 heavy (non-hydrogen) atoms. The highest BCUT2D eigenvalue weighted by Gasteiger charge is 2.24. The molecule has 0 saturated heterocycles. The van der Waals surface area contributed by atoms with E-state index in [1.54, 1.807) is 18.3 Å². The highest BCUT2D eigenvalue weighted by atomic mass is 19.1. The van der Waals surface area contributed by atoms with Gasteiger partial charge in [0.15, 0.2) is 0 Å². The monoisotopic (exact) mass is 312 g/mol. The summed E-state index contributed by atoms with van der Waals surface area (Å²) in [6.07, 6.45) is 1.77. The number of aromatic amines is 1. The van der Waals surface area contributed by atoms with Crippen LogP contribution in [-0.2, 0) is 4.74 Å². The minimum absolute atomic E-state index is 0.0380. The Morgan fingerprint density at radius 2 is 1.91 bits per heavy atom. The summed E-state index contributed by atoms with van der Waals surface area (Å²) < 4.78 is 18.3. The maximum atomic E-state index is 13.3. The first kappa shape index (κ1) is 15.2. The van der Waals surface area contributed by atoms with Crippen molar-refractivity contribution in [1.29, 1.82) is 0 Å². The standard InChI is InChI=1S/C18H17FN2O2/c1-10(2)16-15(18(22)23-3)14(11-4-6-12(19)7-5-11)13-8-9-20-17(13)21-16/h4-10H,1-3H3,(H,20,21). The van der Waals surface area contributed by atoms with Gasteiger partial charge in [-0.25, -0.2) is 14.2 Å². The van der Waals surface area contributed by atoms with Crippen molar-refractivity contribution in [3.05, 3.63) is 53.6 Å². The van der Waals surface area contributed by atoms with E-state index in [2.05, 4.69) is 9.97 Å². The fourth-order valence-corrected chi connectivity index (χ4v) is 2.74. The summed E-state index contributed by atoms with van der Waals surface area (Å²) in [6, 6.07) is 7.94. The summed E-state index contributed by atoms with van der Waals surface area (Å²) in [5.74, 6) is -0.726. The molecule has 4 nitrogen and oxygen atoms in total. The van der Waals surface area contributed by atoms with Gasteiger partial charge in [0.25, 0.3) is 0 Å². The number of benzene rings is 1. The summed E-state index contributed by atoms with van der Waals surface area (Å²) in [5.41, 5.74) is 3.25. The number of esters is 1. The number of hydrogen-bond donors (Lipinski definition) is 1. The summed E-state index contributed by atoms with van der Waals surface area (Å²) in [6.45, 7) is 3.94. The maximum Gasteiger partial charge on any atom is 0.340 e. The predicted octanol–water partition coefficient (Wildman–Crippen LogP) is 4.28. The van der Waals surface area contributed by atoms with Crippen LogP contribution < -0.4 is 0 Å². The van der Waals surface area contributed by atoms with Crippen LogP contribution in [0.4, 0.5) is 4.39 Å². The minimum Gasteiger partial charge on any atom is -0.465 e. The van der Waals surface area contributed by atoms with Gasteiger partial charge in [0, 0.05) is 17.1 Å². The summed E-state index contributed by atoms with van der Waals surface area (Å²) in [5, 5.41) is 0.807. The zero-order chi connectivity index (χ0) is 16.6. The van der Waals surface area contributed by atoms with Gasteiger partial charge in [-0.05, 0) is 29.7 Å². The van der Waals surface area contributed by atoms with E-state index in [9.17, 15) is 9.18 Å². The van der Waals surface area contributed by atoms with E-state index >= 15 is 0 Å². The average Bonchev–Trinajstić information content (AvgIpc) is 3.01. The Morgan fingerprint density at radius 1 is 1.22 bits per heavy atom. The Bertz CT molecular complexity index is 867. The molecule has 5 heteroatoms. The lowest BCUT2D eigenvalue weighted by atomic mass is 9.92. The highest BCUT2D eigenvalue weighted by molar-refractivity contribution is 6.07. The van der Waals surface area contributed by atoms with Gasteiger partial charge in [0.2, 0.25) is 0 Å². The average molecular weight is 312 g/mol. The first-order chi connectivity index (χ1) is 11.0. The van der Waals surface area contributed by atoms with Gasteiger partial charge >= 0.3 is 5.97 Å². The van der Waals surface area contributed by atoms with E-state index < -0.39 is 5.97 Å². The molecule has 0 aliphatic carbocycles. The molecule has 1 N–H and O–H groups in total. The Labute approximate surface area is 133 Å². The second-order valence-corrected chi connectivity index (χ2v) is 5.64. The Balaban J connectivity index is 2.42. The van der Waals surface area contributed by atoms with Crippen LogP contribution in [0.3, 0.4) is 0 Å². The molecule has 0 bridgehead atoms. The third-order valence-corrected chi connectivity index (χ3v) is 3.80. The lowest BCUT2D eigenvalue weighted by Crippen LogP contribution is -2.11. The van der Waals surface area contributed by atoms with Gasteiger partial charge in [0.05, 0.1) is 18.4 Å². The van der Waals surface area contributed by atoms with E-state index in [0.717, 1.165) is 10.9 Å². The molecule has 0 fully saturated rings. The number of halogens is 1. The molecule has 118 valence electrons. The number of carbonyl (C=O) groups is 1. The third-order valence-electron chi connectivity index (χ3n) is 3.80. The fourth-order valence-electron chi connectivity index (χ4n) is 2.74. The molecule has 3 aromatic rings. The Morgan fingerprint density at radius 3 is 2.52 bits per heavy atom. The molecule has 0 aliphatic rings. The second-order valence-electron chi connectivity index (χ2n) is 5.64. The van der Waals surface area contributed by atoms with E-state index in [4.69, 9.17) is 4.74 Å². The summed E-state index contributed by atoms with van der Waals surface area (Å²) >= 11 is 0. The number of ether oxygens (including phenoxy) is 1. The number of fused-ring (bicyclic) bond motifs is 1. The van der Waals surface area contributed by atoms with Gasteiger partial charge in [-0.3, -0.25) is 0 Å². The molecule has 2 heterocycles. The van der Waals surface area contributed by atoms with Crippen molar-refractivity contribution in [1.82, 2.24) is 9.97 Å². The number of rotatable bonds is 3. The van der Waals surface area contributed by atoms with Crippen molar-refractivity contribution in [2.24, 2.45) is 0 Å². The molecule has 0 radical (unpaired) electrons. The predicted molar refractivity (Wildman–Crippen MR) is 86.9 cm³/mol. The number of carbonyl (C=O) groups excluding carboxylic acids is 1. The molecule has 0 amide bonds. The molecule has 0 atom stereocenters. The van der Waals surface area contributed by atoms with Crippen LogP contribution in [0.25, 0.3) is 22.2 Å². The van der Waals surface area contributed by atoms with Crippen LogP contribution >= 0.6 is 0 Å². The minimum atomic E-state index is -0.441. The Hall–Kier alpha value is -2.69. The first-order valence-electron chi connectivity index (χ1n) is 7.38. The van der Waals surface area contributed by atoms with Crippen molar-refractivity contribution in [3.63, 3.8) is 0 Å². The normalized spacial score (nSPS) is 11.2. The van der Waals surface area contributed by atoms with Crippen LogP contribution in [0, 0.1) is 5.82 Å². The smallest absolute Gasteiger partial charge is 0.340 e. The van der Waals surface area contributed by atoms with Crippen molar-refractivity contribution >= 4 is 17.0 Å². The number of nitrogens with one attached hydrogen (secondary N) is 1. The van der Waals surface area contributed by atoms with Gasteiger partial charge in [0.1, 0.15) is 11.5 Å². The molecule has 0 aliphatic heterocycles. The van der Waals surface area contributed by atoms with Crippen LogP contribution in [-0.4, -0.2) is 23.0 Å². The fraction of sp³-hybridized carbons (Fsp3) is 0.222. The molecule has 0 spiro atoms. The molecule has 0 saturated carbocycles. The summed E-state index contributed by atoms with van der Waals surface area (Å²) in [4.78, 5) is 20.1. The van der Waals surface area contributed by atoms with E-state index in [0.29, 0.717) is 22.5 Å². The lowest BCUT2D eigenvalue weighted by Gasteiger charge is -2.16. The Kier molecular flexibility index (Phi) is 3.86. The molecule has 2 aromatic heterocycles. The van der Waals surface area contributed by atoms with Crippen LogP contribution in [0.1, 0.15) is 35.8 Å². The number of methoxy groups -OCH3 is 1. The number of hydrogen-bond acceptors (Lipinski definition) is 3. The van der Waals surface area contributed by atoms with E-state index in [-0.39, 0.29) is 11.7 Å². The van der Waals surface area contributed by atoms with Crippen LogP contribution in [0.2, 0.25) is 0 Å². The van der Waals surface area contributed by atoms with Gasteiger partial charge in [-0.15, -0.1) is 0 Å². The maximum absolute atomic E-state index is 13.3. The van der Waals surface area contributed by atoms with E-state index in [1.165, 1.54) is 19.2 Å². The summed E-state index contributed by atoms with van der Waals surface area (Å²) in [7, 11) is 1.35. The van der Waals surface area contributed by atoms with Crippen LogP contribution in [0.15, 0.2) is 36.5 Å². The zero-order valence-corrected chi connectivity index (χ0v) is 13.2. The first-order valence-corrected chi connectivity index (χ1v) is 7.38. The molecule has 0 unspecified atom stereocenters. The molecular weight excluding hydrogens is 295 g/mol. The van der Waals surface area contributed by atoms with Crippen LogP contribution in [0.5, 0.6) is 0 Å². The number of aromatic nitrogens is 2. The zero-order valence-electron chi connectivity index (χ0n) is 13.2. The number of pyridine rings is 1. The van der Waals surface area contributed by atoms with Gasteiger partial charge in [-0.1, -0.05) is 26.0 Å². The quantitative estimate of drug-likeness (QED) is 0.734. The second kappa shape index (κ2) is 5.83. The highest BCUT2D eigenvalue weighted by Crippen LogP contribution is 2.35. The third kappa shape index (κ3) is 2.59. The van der Waals surface area contributed by atoms with Crippen molar-refractivity contribution in [3.8, 4) is 11.1 Å². The number of H-pyrrole nitrogens is 1. The molecule has 3 rings (SSSR count). The molecular formula is C18H17FN2O2. The SMILES string of the molecule is COC(=O)c1c(C(C)C)nc2[nH]ccc2c1-c1ccc(F)cc1. The molecule has 1 aromatic carbocycles. The van der Waals surface area contributed by atoms with Gasteiger partial charge < -0.3 is 9.72 Å².